The molecule has 0 heterocycles. The van der Waals surface area contributed by atoms with Gasteiger partial charge in [-0.05, 0) is 24.0 Å². The molecule has 2 heteroatoms. The van der Waals surface area contributed by atoms with Gasteiger partial charge in [-0.25, -0.2) is 0 Å². The molecule has 1 atom stereocenters. The van der Waals surface area contributed by atoms with Gasteiger partial charge in [-0.2, -0.15) is 10.5 Å². The summed E-state index contributed by atoms with van der Waals surface area (Å²) in [4.78, 5) is 1.24. The van der Waals surface area contributed by atoms with Crippen LogP contribution >= 0.6 is 10.5 Å². The van der Waals surface area contributed by atoms with Crippen molar-refractivity contribution in [3.63, 3.8) is 0 Å². The van der Waals surface area contributed by atoms with Crippen LogP contribution in [0.4, 0.5) is 0 Å². The van der Waals surface area contributed by atoms with Crippen molar-refractivity contribution in [2.45, 2.75) is 11.5 Å². The van der Waals surface area contributed by atoms with E-state index < -0.39 is 0 Å². The lowest BCUT2D eigenvalue weighted by Gasteiger charge is -2.00. The lowest BCUT2D eigenvalue weighted by atomic mass is 10.2. The summed E-state index contributed by atoms with van der Waals surface area (Å²) < 4.78 is 0. The molecule has 0 saturated heterocycles. The van der Waals surface area contributed by atoms with Gasteiger partial charge in [-0.15, -0.1) is 0 Å². The molecule has 0 aliphatic rings. The number of benzene rings is 1. The quantitative estimate of drug-likeness (QED) is 0.668. The van der Waals surface area contributed by atoms with Gasteiger partial charge in [-0.3, -0.25) is 0 Å². The lowest BCUT2D eigenvalue weighted by molar-refractivity contribution is 0.282. The van der Waals surface area contributed by atoms with Crippen molar-refractivity contribution in [2.24, 2.45) is 0 Å². The molecular formula is C9H12OS. The Morgan fingerprint density at radius 1 is 1.36 bits per heavy atom. The van der Waals surface area contributed by atoms with Gasteiger partial charge < -0.3 is 5.11 Å². The van der Waals surface area contributed by atoms with Crippen LogP contribution in [0.25, 0.3) is 0 Å². The van der Waals surface area contributed by atoms with Crippen molar-refractivity contribution in [1.82, 2.24) is 0 Å². The van der Waals surface area contributed by atoms with Crippen LogP contribution in [0.15, 0.2) is 29.2 Å². The standard InChI is InChI=1S/C9H12OS/c1-11(2)9-5-3-8(7-10)4-6-9/h3-6,10H,1,7H2,2H3. The molecule has 1 rings (SSSR count). The van der Waals surface area contributed by atoms with Gasteiger partial charge in [0, 0.05) is 4.90 Å². The van der Waals surface area contributed by atoms with Gasteiger partial charge in [-0.1, -0.05) is 18.0 Å². The zero-order valence-electron chi connectivity index (χ0n) is 6.58. The molecule has 0 aliphatic heterocycles. The minimum absolute atomic E-state index is 0.0792. The molecule has 0 aliphatic carbocycles. The van der Waals surface area contributed by atoms with Crippen LogP contribution in [0.1, 0.15) is 5.56 Å². The smallest absolute Gasteiger partial charge is 0.0681 e. The van der Waals surface area contributed by atoms with Gasteiger partial charge in [0.1, 0.15) is 0 Å². The molecule has 1 N–H and O–H groups in total. The van der Waals surface area contributed by atoms with E-state index in [1.165, 1.54) is 4.90 Å². The second kappa shape index (κ2) is 3.69. The number of aliphatic hydroxyl groups is 1. The fourth-order valence-corrected chi connectivity index (χ4v) is 1.43. The Balaban J connectivity index is 2.91. The maximum Gasteiger partial charge on any atom is 0.0681 e. The normalized spacial score (nSPS) is 12.9. The Kier molecular flexibility index (Phi) is 2.85. The summed E-state index contributed by atoms with van der Waals surface area (Å²) in [6.07, 6.45) is 2.08. The van der Waals surface area contributed by atoms with Gasteiger partial charge >= 0.3 is 0 Å². The van der Waals surface area contributed by atoms with Gasteiger partial charge in [0.25, 0.3) is 0 Å². The van der Waals surface area contributed by atoms with Crippen LogP contribution in [0.3, 0.4) is 0 Å². The summed E-state index contributed by atoms with van der Waals surface area (Å²) in [5.74, 6) is 3.93. The minimum atomic E-state index is 0.0792. The predicted octanol–water partition coefficient (Wildman–Crippen LogP) is 1.87. The summed E-state index contributed by atoms with van der Waals surface area (Å²) >= 11 is 0. The van der Waals surface area contributed by atoms with E-state index in [0.29, 0.717) is 0 Å². The SMILES string of the molecule is C=S(C)c1ccc(CO)cc1. The number of hydrogen-bond donors (Lipinski definition) is 1. The topological polar surface area (TPSA) is 20.2 Å². The molecule has 0 fully saturated rings. The zero-order valence-corrected chi connectivity index (χ0v) is 7.40. The molecule has 0 aromatic heterocycles. The maximum absolute atomic E-state index is 8.75. The highest BCUT2D eigenvalue weighted by molar-refractivity contribution is 8.13. The van der Waals surface area contributed by atoms with Crippen LogP contribution in [0.2, 0.25) is 0 Å². The molecule has 0 amide bonds. The monoisotopic (exact) mass is 168 g/mol. The van der Waals surface area contributed by atoms with E-state index in [4.69, 9.17) is 5.11 Å². The third kappa shape index (κ3) is 2.17. The Morgan fingerprint density at radius 3 is 2.27 bits per heavy atom. The molecule has 1 nitrogen and oxygen atoms in total. The molecule has 0 saturated carbocycles. The first-order valence-electron chi connectivity index (χ1n) is 3.39. The predicted molar refractivity (Wildman–Crippen MR) is 51.3 cm³/mol. The molecule has 60 valence electrons. The molecule has 1 unspecified atom stereocenters. The van der Waals surface area contributed by atoms with E-state index in [9.17, 15) is 0 Å². The highest BCUT2D eigenvalue weighted by Crippen LogP contribution is 2.20. The van der Waals surface area contributed by atoms with Crippen LogP contribution in [-0.4, -0.2) is 17.2 Å². The zero-order chi connectivity index (χ0) is 8.27. The highest BCUT2D eigenvalue weighted by atomic mass is 32.2. The van der Waals surface area contributed by atoms with Crippen molar-refractivity contribution in [3.05, 3.63) is 29.8 Å². The molecule has 0 spiro atoms. The summed E-state index contributed by atoms with van der Waals surface area (Å²) in [6.45, 7) is 0.120. The molecule has 1 aromatic rings. The molecular weight excluding hydrogens is 156 g/mol. The van der Waals surface area contributed by atoms with Gasteiger partial charge in [0.05, 0.1) is 6.61 Å². The summed E-state index contributed by atoms with van der Waals surface area (Å²) in [7, 11) is 0.0792. The van der Waals surface area contributed by atoms with E-state index in [2.05, 4.69) is 12.1 Å². The van der Waals surface area contributed by atoms with Gasteiger partial charge in [0.15, 0.2) is 0 Å². The van der Waals surface area contributed by atoms with Crippen molar-refractivity contribution in [1.29, 1.82) is 0 Å². The van der Waals surface area contributed by atoms with E-state index in [0.717, 1.165) is 5.56 Å². The van der Waals surface area contributed by atoms with Gasteiger partial charge in [0.2, 0.25) is 0 Å². The van der Waals surface area contributed by atoms with Crippen molar-refractivity contribution in [2.75, 3.05) is 6.26 Å². The lowest BCUT2D eigenvalue weighted by Crippen LogP contribution is -1.81. The van der Waals surface area contributed by atoms with Crippen molar-refractivity contribution in [3.8, 4) is 0 Å². The summed E-state index contributed by atoms with van der Waals surface area (Å²) in [5.41, 5.74) is 0.958. The molecule has 11 heavy (non-hydrogen) atoms. The second-order valence-corrected chi connectivity index (χ2v) is 4.18. The maximum atomic E-state index is 8.75. The Bertz CT molecular complexity index is 251. The molecule has 0 bridgehead atoms. The first kappa shape index (κ1) is 8.50. The Hall–Kier alpha value is -0.600. The van der Waals surface area contributed by atoms with Crippen LogP contribution in [-0.2, 0) is 6.61 Å². The number of hydrogen-bond acceptors (Lipinski definition) is 1. The van der Waals surface area contributed by atoms with Crippen LogP contribution < -0.4 is 0 Å². The molecule has 1 aromatic carbocycles. The third-order valence-corrected chi connectivity index (χ3v) is 2.59. The van der Waals surface area contributed by atoms with E-state index >= 15 is 0 Å². The highest BCUT2D eigenvalue weighted by Gasteiger charge is 1.91. The van der Waals surface area contributed by atoms with Crippen LogP contribution in [0.5, 0.6) is 0 Å². The molecule has 0 radical (unpaired) electrons. The Morgan fingerprint density at radius 2 is 1.91 bits per heavy atom. The first-order valence-corrected chi connectivity index (χ1v) is 5.19. The largest absolute Gasteiger partial charge is 0.392 e. The van der Waals surface area contributed by atoms with E-state index in [1.54, 1.807) is 0 Å². The van der Waals surface area contributed by atoms with Crippen molar-refractivity contribution < 1.29 is 5.11 Å². The third-order valence-electron chi connectivity index (χ3n) is 1.51. The number of aliphatic hydroxyl groups excluding tert-OH is 1. The minimum Gasteiger partial charge on any atom is -0.392 e. The summed E-state index contributed by atoms with van der Waals surface area (Å²) in [6, 6.07) is 7.90. The van der Waals surface area contributed by atoms with E-state index in [1.807, 2.05) is 24.3 Å². The Labute approximate surface area is 69.6 Å². The summed E-state index contributed by atoms with van der Waals surface area (Å²) in [5, 5.41) is 8.75. The number of rotatable bonds is 2. The fourth-order valence-electron chi connectivity index (χ4n) is 0.827. The first-order chi connectivity index (χ1) is 5.24. The van der Waals surface area contributed by atoms with Crippen molar-refractivity contribution >= 4 is 16.4 Å². The average Bonchev–Trinajstić information content (AvgIpc) is 2.05. The average molecular weight is 168 g/mol. The van der Waals surface area contributed by atoms with Crippen LogP contribution in [0, 0.1) is 0 Å². The van der Waals surface area contributed by atoms with E-state index in [-0.39, 0.29) is 17.1 Å². The fraction of sp³-hybridized carbons (Fsp3) is 0.222. The second-order valence-electron chi connectivity index (χ2n) is 2.44.